The fraction of sp³-hybridized carbons (Fsp3) is 0.500. The van der Waals surface area contributed by atoms with Crippen molar-refractivity contribution in [3.63, 3.8) is 0 Å². The molecule has 0 fully saturated rings. The fourth-order valence-electron chi connectivity index (χ4n) is 1.03. The highest BCUT2D eigenvalue weighted by molar-refractivity contribution is 5.91. The Labute approximate surface area is 88.1 Å². The number of hydrogen-bond acceptors (Lipinski definition) is 4. The second kappa shape index (κ2) is 4.60. The third-order valence-electron chi connectivity index (χ3n) is 1.94. The molecule has 15 heavy (non-hydrogen) atoms. The van der Waals surface area contributed by atoms with Gasteiger partial charge in [0.1, 0.15) is 6.04 Å². The number of aryl methyl sites for hydroxylation is 1. The van der Waals surface area contributed by atoms with Crippen molar-refractivity contribution in [2.24, 2.45) is 5.92 Å². The van der Waals surface area contributed by atoms with E-state index in [9.17, 15) is 4.79 Å². The maximum absolute atomic E-state index is 11.5. The summed E-state index contributed by atoms with van der Waals surface area (Å²) < 4.78 is 4.78. The number of aromatic nitrogens is 1. The van der Waals surface area contributed by atoms with Crippen molar-refractivity contribution in [2.45, 2.75) is 26.8 Å². The molecule has 1 aromatic heterocycles. The first-order valence-corrected chi connectivity index (χ1v) is 4.68. The Balaban J connectivity index is 2.68. The fourth-order valence-corrected chi connectivity index (χ4v) is 1.03. The van der Waals surface area contributed by atoms with Crippen molar-refractivity contribution in [3.8, 4) is 6.07 Å². The molecule has 1 aromatic rings. The lowest BCUT2D eigenvalue weighted by atomic mass is 10.1. The monoisotopic (exact) mass is 207 g/mol. The number of nitrogens with zero attached hydrogens (tertiary/aromatic N) is 2. The van der Waals surface area contributed by atoms with Crippen LogP contribution in [0.3, 0.4) is 0 Å². The molecule has 0 spiro atoms. The van der Waals surface area contributed by atoms with Gasteiger partial charge < -0.3 is 9.84 Å². The third kappa shape index (κ3) is 2.81. The summed E-state index contributed by atoms with van der Waals surface area (Å²) in [4.78, 5) is 11.5. The van der Waals surface area contributed by atoms with Crippen LogP contribution in [0.25, 0.3) is 0 Å². The first kappa shape index (κ1) is 11.2. The number of carbonyl (C=O) groups excluding carboxylic acids is 1. The Kier molecular flexibility index (Phi) is 3.45. The summed E-state index contributed by atoms with van der Waals surface area (Å²) in [6.45, 7) is 5.45. The average molecular weight is 207 g/mol. The van der Waals surface area contributed by atoms with E-state index < -0.39 is 11.9 Å². The standard InChI is InChI=1S/C10H13N3O2/c1-6(2)8(5-11)12-10(14)9-4-7(3)13-15-9/h4,6,8H,1-3H3,(H,12,14). The Hall–Kier alpha value is -1.83. The molecule has 1 atom stereocenters. The molecular formula is C10H13N3O2. The lowest BCUT2D eigenvalue weighted by Gasteiger charge is -2.13. The van der Waals surface area contributed by atoms with E-state index in [4.69, 9.17) is 9.78 Å². The molecule has 0 aromatic carbocycles. The minimum Gasteiger partial charge on any atom is -0.351 e. The van der Waals surface area contributed by atoms with Crippen LogP contribution >= 0.6 is 0 Å². The molecule has 0 bridgehead atoms. The number of carbonyl (C=O) groups is 1. The van der Waals surface area contributed by atoms with Crippen molar-refractivity contribution in [1.29, 1.82) is 5.26 Å². The zero-order valence-corrected chi connectivity index (χ0v) is 8.94. The van der Waals surface area contributed by atoms with Crippen LogP contribution in [0, 0.1) is 24.2 Å². The predicted octanol–water partition coefficient (Wildman–Crippen LogP) is 1.26. The van der Waals surface area contributed by atoms with E-state index in [1.54, 1.807) is 6.92 Å². The summed E-state index contributed by atoms with van der Waals surface area (Å²) in [6.07, 6.45) is 0. The summed E-state index contributed by atoms with van der Waals surface area (Å²) in [6, 6.07) is 3.04. The molecule has 1 heterocycles. The van der Waals surface area contributed by atoms with Crippen LogP contribution < -0.4 is 5.32 Å². The maximum atomic E-state index is 11.5. The van der Waals surface area contributed by atoms with Gasteiger partial charge in [0.25, 0.3) is 5.91 Å². The van der Waals surface area contributed by atoms with Crippen molar-refractivity contribution >= 4 is 5.91 Å². The molecule has 0 aliphatic rings. The molecule has 5 heteroatoms. The van der Waals surface area contributed by atoms with Crippen molar-refractivity contribution in [1.82, 2.24) is 10.5 Å². The number of rotatable bonds is 3. The van der Waals surface area contributed by atoms with Gasteiger partial charge in [0.15, 0.2) is 0 Å². The SMILES string of the molecule is Cc1cc(C(=O)NC(C#N)C(C)C)on1. The van der Waals surface area contributed by atoms with Crippen LogP contribution in [-0.2, 0) is 0 Å². The molecule has 0 saturated heterocycles. The molecule has 1 N–H and O–H groups in total. The minimum atomic E-state index is -0.511. The quantitative estimate of drug-likeness (QED) is 0.809. The van der Waals surface area contributed by atoms with Crippen LogP contribution in [-0.4, -0.2) is 17.1 Å². The molecular weight excluding hydrogens is 194 g/mol. The predicted molar refractivity (Wildman–Crippen MR) is 52.9 cm³/mol. The van der Waals surface area contributed by atoms with Gasteiger partial charge in [-0.05, 0) is 12.8 Å². The summed E-state index contributed by atoms with van der Waals surface area (Å²) in [5, 5.41) is 14.9. The van der Waals surface area contributed by atoms with Crippen LogP contribution in [0.5, 0.6) is 0 Å². The number of nitrogens with one attached hydrogen (secondary N) is 1. The van der Waals surface area contributed by atoms with Gasteiger partial charge in [0, 0.05) is 6.07 Å². The third-order valence-corrected chi connectivity index (χ3v) is 1.94. The molecule has 1 unspecified atom stereocenters. The van der Waals surface area contributed by atoms with E-state index in [0.29, 0.717) is 5.69 Å². The molecule has 1 amide bonds. The Bertz CT molecular complexity index is 390. The number of amides is 1. The normalized spacial score (nSPS) is 12.2. The summed E-state index contributed by atoms with van der Waals surface area (Å²) in [7, 11) is 0. The summed E-state index contributed by atoms with van der Waals surface area (Å²) in [5.41, 5.74) is 0.637. The van der Waals surface area contributed by atoms with E-state index >= 15 is 0 Å². The van der Waals surface area contributed by atoms with Crippen LogP contribution in [0.2, 0.25) is 0 Å². The Morgan fingerprint density at radius 1 is 1.67 bits per heavy atom. The maximum Gasteiger partial charge on any atom is 0.290 e. The van der Waals surface area contributed by atoms with E-state index in [-0.39, 0.29) is 11.7 Å². The second-order valence-corrected chi connectivity index (χ2v) is 3.66. The zero-order chi connectivity index (χ0) is 11.4. The van der Waals surface area contributed by atoms with Crippen LogP contribution in [0.1, 0.15) is 30.1 Å². The van der Waals surface area contributed by atoms with Crippen molar-refractivity contribution in [3.05, 3.63) is 17.5 Å². The van der Waals surface area contributed by atoms with Gasteiger partial charge in [-0.1, -0.05) is 19.0 Å². The minimum absolute atomic E-state index is 0.0583. The second-order valence-electron chi connectivity index (χ2n) is 3.66. The van der Waals surface area contributed by atoms with Gasteiger partial charge in [0.2, 0.25) is 5.76 Å². The molecule has 80 valence electrons. The highest BCUT2D eigenvalue weighted by atomic mass is 16.5. The molecule has 0 aliphatic heterocycles. The molecule has 1 rings (SSSR count). The average Bonchev–Trinajstić information content (AvgIpc) is 2.60. The Morgan fingerprint density at radius 2 is 2.33 bits per heavy atom. The van der Waals surface area contributed by atoms with Crippen LogP contribution in [0.15, 0.2) is 10.6 Å². The van der Waals surface area contributed by atoms with E-state index in [2.05, 4.69) is 10.5 Å². The summed E-state index contributed by atoms with van der Waals surface area (Å²) in [5.74, 6) is -0.216. The topological polar surface area (TPSA) is 78.9 Å². The highest BCUT2D eigenvalue weighted by Crippen LogP contribution is 2.05. The van der Waals surface area contributed by atoms with Crippen LogP contribution in [0.4, 0.5) is 0 Å². The van der Waals surface area contributed by atoms with Gasteiger partial charge in [-0.2, -0.15) is 5.26 Å². The van der Waals surface area contributed by atoms with E-state index in [1.807, 2.05) is 19.9 Å². The number of nitriles is 1. The molecule has 5 nitrogen and oxygen atoms in total. The van der Waals surface area contributed by atoms with Crippen molar-refractivity contribution in [2.75, 3.05) is 0 Å². The molecule has 0 aliphatic carbocycles. The van der Waals surface area contributed by atoms with Gasteiger partial charge in [-0.3, -0.25) is 4.79 Å². The zero-order valence-electron chi connectivity index (χ0n) is 8.94. The van der Waals surface area contributed by atoms with Gasteiger partial charge in [-0.25, -0.2) is 0 Å². The lowest BCUT2D eigenvalue weighted by Crippen LogP contribution is -2.37. The summed E-state index contributed by atoms with van der Waals surface area (Å²) >= 11 is 0. The Morgan fingerprint density at radius 3 is 2.73 bits per heavy atom. The highest BCUT2D eigenvalue weighted by Gasteiger charge is 2.18. The largest absolute Gasteiger partial charge is 0.351 e. The van der Waals surface area contributed by atoms with Gasteiger partial charge in [0.05, 0.1) is 11.8 Å². The van der Waals surface area contributed by atoms with Gasteiger partial charge in [-0.15, -0.1) is 0 Å². The van der Waals surface area contributed by atoms with Gasteiger partial charge >= 0.3 is 0 Å². The van der Waals surface area contributed by atoms with E-state index in [0.717, 1.165) is 0 Å². The van der Waals surface area contributed by atoms with E-state index in [1.165, 1.54) is 6.07 Å². The molecule has 0 radical (unpaired) electrons. The molecule has 0 saturated carbocycles. The first-order chi connectivity index (χ1) is 7.04. The first-order valence-electron chi connectivity index (χ1n) is 4.68. The van der Waals surface area contributed by atoms with Crippen molar-refractivity contribution < 1.29 is 9.32 Å². The number of hydrogen-bond donors (Lipinski definition) is 1. The smallest absolute Gasteiger partial charge is 0.290 e. The lowest BCUT2D eigenvalue weighted by molar-refractivity contribution is 0.0900.